The van der Waals surface area contributed by atoms with E-state index in [2.05, 4.69) is 9.72 Å². The number of carbonyl (C=O) groups excluding carboxylic acids is 2. The van der Waals surface area contributed by atoms with Crippen LogP contribution < -0.4 is 4.74 Å². The fourth-order valence-corrected chi connectivity index (χ4v) is 3.25. The summed E-state index contributed by atoms with van der Waals surface area (Å²) >= 11 is 5.88. The molecule has 0 unspecified atom stereocenters. The van der Waals surface area contributed by atoms with E-state index in [-0.39, 0.29) is 34.2 Å². The Balaban J connectivity index is 1.56. The van der Waals surface area contributed by atoms with Crippen molar-refractivity contribution in [3.63, 3.8) is 0 Å². The lowest BCUT2D eigenvalue weighted by molar-refractivity contribution is -0.154. The van der Waals surface area contributed by atoms with Crippen LogP contribution in [0.5, 0.6) is 5.88 Å². The first-order valence-corrected chi connectivity index (χ1v) is 9.05. The van der Waals surface area contributed by atoms with E-state index in [1.165, 1.54) is 6.07 Å². The van der Waals surface area contributed by atoms with Crippen LogP contribution in [0.2, 0.25) is 5.02 Å². The van der Waals surface area contributed by atoms with Crippen LogP contribution in [0.3, 0.4) is 0 Å². The van der Waals surface area contributed by atoms with Crippen molar-refractivity contribution >= 4 is 23.4 Å². The molecule has 6 nitrogen and oxygen atoms in total. The van der Waals surface area contributed by atoms with Gasteiger partial charge in [0.2, 0.25) is 11.8 Å². The molecule has 2 heterocycles. The summed E-state index contributed by atoms with van der Waals surface area (Å²) in [7, 11) is 0. The summed E-state index contributed by atoms with van der Waals surface area (Å²) in [6, 6.07) is 1.24. The Morgan fingerprint density at radius 2 is 1.81 bits per heavy atom. The summed E-state index contributed by atoms with van der Waals surface area (Å²) < 4.78 is 41.1. The first-order valence-electron chi connectivity index (χ1n) is 8.68. The van der Waals surface area contributed by atoms with E-state index in [0.29, 0.717) is 26.2 Å². The van der Waals surface area contributed by atoms with Crippen LogP contribution in [0.4, 0.5) is 13.2 Å². The maximum atomic E-state index is 12.6. The van der Waals surface area contributed by atoms with Crippen LogP contribution in [0, 0.1) is 5.92 Å². The minimum atomic E-state index is -4.50. The first kappa shape index (κ1) is 19.7. The number of hydrogen-bond acceptors (Lipinski definition) is 4. The van der Waals surface area contributed by atoms with Crippen molar-refractivity contribution in [1.82, 2.24) is 14.8 Å². The molecule has 1 aromatic rings. The molecule has 3 rings (SSSR count). The summed E-state index contributed by atoms with van der Waals surface area (Å²) in [6.07, 6.45) is -0.400. The molecule has 1 aliphatic carbocycles. The number of halogens is 4. The quantitative estimate of drug-likeness (QED) is 0.772. The highest BCUT2D eigenvalue weighted by atomic mass is 35.5. The fourth-order valence-electron chi connectivity index (χ4n) is 3.02. The van der Waals surface area contributed by atoms with Crippen molar-refractivity contribution < 1.29 is 27.5 Å². The number of aromatic nitrogens is 1. The Morgan fingerprint density at radius 3 is 2.33 bits per heavy atom. The third kappa shape index (κ3) is 4.82. The van der Waals surface area contributed by atoms with Crippen LogP contribution in [0.1, 0.15) is 29.6 Å². The first-order chi connectivity index (χ1) is 12.7. The molecule has 2 fully saturated rings. The van der Waals surface area contributed by atoms with Crippen molar-refractivity contribution in [1.29, 1.82) is 0 Å². The fraction of sp³-hybridized carbons (Fsp3) is 0.588. The average molecular weight is 406 g/mol. The Bertz CT molecular complexity index is 717. The Morgan fingerprint density at radius 1 is 1.19 bits per heavy atom. The van der Waals surface area contributed by atoms with E-state index in [9.17, 15) is 22.8 Å². The largest absolute Gasteiger partial charge is 0.467 e. The number of carbonyl (C=O) groups is 2. The number of hydrogen-bond donors (Lipinski definition) is 0. The SMILES string of the molecule is O=C(c1cnc(OCC(F)(F)F)c(Cl)c1)N1CCN(C(=O)C2CCC2)CC1. The Kier molecular flexibility index (Phi) is 5.78. The summed E-state index contributed by atoms with van der Waals surface area (Å²) in [5.41, 5.74) is 0.165. The summed E-state index contributed by atoms with van der Waals surface area (Å²) in [4.78, 5) is 31.9. The summed E-state index contributed by atoms with van der Waals surface area (Å²) in [5, 5.41) is -0.163. The van der Waals surface area contributed by atoms with Crippen molar-refractivity contribution in [3.05, 3.63) is 22.8 Å². The van der Waals surface area contributed by atoms with Gasteiger partial charge in [-0.2, -0.15) is 13.2 Å². The number of nitrogens with zero attached hydrogens (tertiary/aromatic N) is 3. The smallest absolute Gasteiger partial charge is 0.422 e. The third-order valence-electron chi connectivity index (χ3n) is 4.76. The molecule has 0 atom stereocenters. The highest BCUT2D eigenvalue weighted by Crippen LogP contribution is 2.29. The maximum absolute atomic E-state index is 12.6. The van der Waals surface area contributed by atoms with Gasteiger partial charge in [-0.25, -0.2) is 4.98 Å². The Hall–Kier alpha value is -2.03. The lowest BCUT2D eigenvalue weighted by atomic mass is 9.84. The second kappa shape index (κ2) is 7.92. The second-order valence-electron chi connectivity index (χ2n) is 6.66. The van der Waals surface area contributed by atoms with E-state index >= 15 is 0 Å². The highest BCUT2D eigenvalue weighted by Gasteiger charge is 2.32. The van der Waals surface area contributed by atoms with Gasteiger partial charge in [-0.3, -0.25) is 9.59 Å². The highest BCUT2D eigenvalue weighted by molar-refractivity contribution is 6.32. The van der Waals surface area contributed by atoms with E-state index in [1.807, 2.05) is 0 Å². The molecule has 0 radical (unpaired) electrons. The molecule has 1 saturated carbocycles. The molecule has 0 spiro atoms. The molecule has 1 saturated heterocycles. The number of pyridine rings is 1. The van der Waals surface area contributed by atoms with Crippen LogP contribution >= 0.6 is 11.6 Å². The monoisotopic (exact) mass is 405 g/mol. The minimum absolute atomic E-state index is 0.125. The lowest BCUT2D eigenvalue weighted by Gasteiger charge is -2.38. The number of amides is 2. The van der Waals surface area contributed by atoms with Crippen LogP contribution in [0.15, 0.2) is 12.3 Å². The van der Waals surface area contributed by atoms with Gasteiger partial charge in [-0.1, -0.05) is 18.0 Å². The summed E-state index contributed by atoms with van der Waals surface area (Å²) in [5.74, 6) is -0.423. The molecule has 0 aromatic carbocycles. The predicted molar refractivity (Wildman–Crippen MR) is 90.6 cm³/mol. The lowest BCUT2D eigenvalue weighted by Crippen LogP contribution is -2.52. The normalized spacial score (nSPS) is 18.2. The molecular formula is C17H19ClF3N3O3. The maximum Gasteiger partial charge on any atom is 0.422 e. The van der Waals surface area contributed by atoms with Crippen molar-refractivity contribution in [3.8, 4) is 5.88 Å². The molecule has 1 aromatic heterocycles. The number of piperazine rings is 1. The van der Waals surface area contributed by atoms with Gasteiger partial charge in [0, 0.05) is 38.3 Å². The predicted octanol–water partition coefficient (Wildman–Crippen LogP) is 2.76. The second-order valence-corrected chi connectivity index (χ2v) is 7.07. The van der Waals surface area contributed by atoms with Gasteiger partial charge in [-0.15, -0.1) is 0 Å². The molecule has 148 valence electrons. The Labute approximate surface area is 159 Å². The third-order valence-corrected chi connectivity index (χ3v) is 5.03. The molecule has 1 aliphatic heterocycles. The van der Waals surface area contributed by atoms with Crippen molar-refractivity contribution in [2.45, 2.75) is 25.4 Å². The van der Waals surface area contributed by atoms with Crippen LogP contribution in [-0.2, 0) is 4.79 Å². The minimum Gasteiger partial charge on any atom is -0.467 e. The standard InChI is InChI=1S/C17H19ClF3N3O3/c18-13-8-12(9-22-14(13)27-10-17(19,20)21)16(26)24-6-4-23(5-7-24)15(25)11-2-1-3-11/h8-9,11H,1-7,10H2. The van der Waals surface area contributed by atoms with Gasteiger partial charge >= 0.3 is 6.18 Å². The number of rotatable bonds is 4. The molecule has 2 aliphatic rings. The zero-order chi connectivity index (χ0) is 19.6. The van der Waals surface area contributed by atoms with Gasteiger partial charge in [0.25, 0.3) is 5.91 Å². The molecule has 2 amide bonds. The number of alkyl halides is 3. The van der Waals surface area contributed by atoms with Gasteiger partial charge in [0.15, 0.2) is 6.61 Å². The van der Waals surface area contributed by atoms with E-state index < -0.39 is 12.8 Å². The van der Waals surface area contributed by atoms with E-state index in [1.54, 1.807) is 9.80 Å². The van der Waals surface area contributed by atoms with E-state index in [0.717, 1.165) is 25.5 Å². The van der Waals surface area contributed by atoms with Gasteiger partial charge < -0.3 is 14.5 Å². The average Bonchev–Trinajstić information content (AvgIpc) is 2.58. The van der Waals surface area contributed by atoms with E-state index in [4.69, 9.17) is 11.6 Å². The van der Waals surface area contributed by atoms with Crippen molar-refractivity contribution in [2.24, 2.45) is 5.92 Å². The number of ether oxygens (including phenoxy) is 1. The zero-order valence-corrected chi connectivity index (χ0v) is 15.2. The molecule has 0 N–H and O–H groups in total. The van der Waals surface area contributed by atoms with Gasteiger partial charge in [-0.05, 0) is 18.9 Å². The molecule has 10 heteroatoms. The van der Waals surface area contributed by atoms with Gasteiger partial charge in [0.1, 0.15) is 5.02 Å². The van der Waals surface area contributed by atoms with Gasteiger partial charge in [0.05, 0.1) is 5.56 Å². The topological polar surface area (TPSA) is 62.7 Å². The summed E-state index contributed by atoms with van der Waals surface area (Å²) in [6.45, 7) is 0.205. The van der Waals surface area contributed by atoms with Crippen molar-refractivity contribution in [2.75, 3.05) is 32.8 Å². The molecular weight excluding hydrogens is 387 g/mol. The van der Waals surface area contributed by atoms with Crippen LogP contribution in [0.25, 0.3) is 0 Å². The molecule has 0 bridgehead atoms. The zero-order valence-electron chi connectivity index (χ0n) is 14.5. The van der Waals surface area contributed by atoms with Crippen LogP contribution in [-0.4, -0.2) is 65.6 Å². The molecule has 27 heavy (non-hydrogen) atoms.